The number of unbranched alkanes of at least 4 members (excludes halogenated alkanes) is 24. The van der Waals surface area contributed by atoms with Gasteiger partial charge in [-0.05, 0) is 103 Å². The largest absolute Gasteiger partial charge is 0.462 e. The van der Waals surface area contributed by atoms with Crippen LogP contribution >= 0.6 is 0 Å². The van der Waals surface area contributed by atoms with Crippen LogP contribution in [0.3, 0.4) is 0 Å². The Kier molecular flexibility index (Phi) is 48.9. The molecular formula is C57H98O6. The molecule has 63 heavy (non-hydrogen) atoms. The molecule has 0 amide bonds. The highest BCUT2D eigenvalue weighted by Crippen LogP contribution is 2.14. The second-order valence-corrected chi connectivity index (χ2v) is 17.4. The van der Waals surface area contributed by atoms with Crippen LogP contribution in [0.25, 0.3) is 0 Å². The number of hydrogen-bond donors (Lipinski definition) is 0. The van der Waals surface area contributed by atoms with E-state index in [2.05, 4.69) is 93.7 Å². The van der Waals surface area contributed by atoms with E-state index < -0.39 is 6.10 Å². The fraction of sp³-hybridized carbons (Fsp3) is 0.737. The number of carbonyl (C=O) groups is 3. The first-order valence-electron chi connectivity index (χ1n) is 26.4. The molecule has 0 aliphatic heterocycles. The molecule has 1 unspecified atom stereocenters. The van der Waals surface area contributed by atoms with Gasteiger partial charge >= 0.3 is 17.9 Å². The Hall–Kier alpha value is -3.15. The molecule has 0 saturated carbocycles. The summed E-state index contributed by atoms with van der Waals surface area (Å²) in [5, 5.41) is 0. The van der Waals surface area contributed by atoms with Crippen molar-refractivity contribution in [3.8, 4) is 0 Å². The van der Waals surface area contributed by atoms with Gasteiger partial charge in [-0.2, -0.15) is 0 Å². The topological polar surface area (TPSA) is 78.9 Å². The van der Waals surface area contributed by atoms with Gasteiger partial charge in [0.1, 0.15) is 13.2 Å². The lowest BCUT2D eigenvalue weighted by molar-refractivity contribution is -0.167. The van der Waals surface area contributed by atoms with Crippen molar-refractivity contribution in [2.45, 2.75) is 258 Å². The molecule has 0 aromatic rings. The Balaban J connectivity index is 4.46. The van der Waals surface area contributed by atoms with Crippen molar-refractivity contribution in [2.24, 2.45) is 0 Å². The lowest BCUT2D eigenvalue weighted by atomic mass is 10.1. The summed E-state index contributed by atoms with van der Waals surface area (Å²) >= 11 is 0. The van der Waals surface area contributed by atoms with Gasteiger partial charge in [-0.3, -0.25) is 14.4 Å². The van der Waals surface area contributed by atoms with Gasteiger partial charge in [-0.1, -0.05) is 203 Å². The average Bonchev–Trinajstić information content (AvgIpc) is 3.28. The van der Waals surface area contributed by atoms with Crippen LogP contribution in [0, 0.1) is 0 Å². The number of hydrogen-bond acceptors (Lipinski definition) is 6. The fourth-order valence-corrected chi connectivity index (χ4v) is 7.12. The van der Waals surface area contributed by atoms with Crippen LogP contribution in [0.4, 0.5) is 0 Å². The van der Waals surface area contributed by atoms with Gasteiger partial charge in [0.15, 0.2) is 6.10 Å². The van der Waals surface area contributed by atoms with Gasteiger partial charge in [-0.25, -0.2) is 0 Å². The maximum Gasteiger partial charge on any atom is 0.306 e. The molecule has 0 rings (SSSR count). The third-order valence-corrected chi connectivity index (χ3v) is 11.2. The third kappa shape index (κ3) is 49.7. The van der Waals surface area contributed by atoms with E-state index in [1.165, 1.54) is 122 Å². The van der Waals surface area contributed by atoms with E-state index in [1.807, 2.05) is 0 Å². The molecule has 0 saturated heterocycles. The molecule has 0 spiro atoms. The normalized spacial score (nSPS) is 12.6. The predicted molar refractivity (Wildman–Crippen MR) is 270 cm³/mol. The molecular weight excluding hydrogens is 781 g/mol. The van der Waals surface area contributed by atoms with Crippen LogP contribution < -0.4 is 0 Å². The summed E-state index contributed by atoms with van der Waals surface area (Å²) in [6, 6.07) is 0. The molecule has 0 bridgehead atoms. The minimum absolute atomic E-state index is 0.0989. The van der Waals surface area contributed by atoms with E-state index in [0.29, 0.717) is 19.3 Å². The summed E-state index contributed by atoms with van der Waals surface area (Å²) in [5.41, 5.74) is 0. The number of allylic oxidation sites excluding steroid dienone is 12. The van der Waals surface area contributed by atoms with Gasteiger partial charge in [0, 0.05) is 19.3 Å². The van der Waals surface area contributed by atoms with Crippen molar-refractivity contribution in [1.29, 1.82) is 0 Å². The van der Waals surface area contributed by atoms with E-state index in [4.69, 9.17) is 14.2 Å². The Morgan fingerprint density at radius 2 is 0.603 bits per heavy atom. The van der Waals surface area contributed by atoms with E-state index in [-0.39, 0.29) is 37.5 Å². The number of carbonyl (C=O) groups excluding carboxylic acids is 3. The van der Waals surface area contributed by atoms with Crippen LogP contribution in [-0.4, -0.2) is 37.2 Å². The van der Waals surface area contributed by atoms with Crippen molar-refractivity contribution in [1.82, 2.24) is 0 Å². The molecule has 0 aromatic carbocycles. The molecule has 1 atom stereocenters. The molecule has 0 aliphatic rings. The summed E-state index contributed by atoms with van der Waals surface area (Å²) in [5.74, 6) is -0.969. The second-order valence-electron chi connectivity index (χ2n) is 17.4. The zero-order valence-electron chi connectivity index (χ0n) is 41.3. The van der Waals surface area contributed by atoms with Crippen LogP contribution in [-0.2, 0) is 28.6 Å². The highest BCUT2D eigenvalue weighted by Gasteiger charge is 2.19. The monoisotopic (exact) mass is 879 g/mol. The molecule has 0 aromatic heterocycles. The van der Waals surface area contributed by atoms with Gasteiger partial charge in [0.25, 0.3) is 0 Å². The van der Waals surface area contributed by atoms with Gasteiger partial charge in [0.2, 0.25) is 0 Å². The maximum atomic E-state index is 12.8. The lowest BCUT2D eigenvalue weighted by Gasteiger charge is -2.18. The van der Waals surface area contributed by atoms with E-state index in [9.17, 15) is 14.4 Å². The van der Waals surface area contributed by atoms with Gasteiger partial charge in [0.05, 0.1) is 0 Å². The van der Waals surface area contributed by atoms with Crippen molar-refractivity contribution >= 4 is 17.9 Å². The average molecular weight is 879 g/mol. The molecule has 0 fully saturated rings. The Labute approximate surface area is 389 Å². The summed E-state index contributed by atoms with van der Waals surface area (Å²) in [7, 11) is 0. The molecule has 0 aliphatic carbocycles. The van der Waals surface area contributed by atoms with Crippen molar-refractivity contribution < 1.29 is 28.6 Å². The molecule has 6 nitrogen and oxygen atoms in total. The van der Waals surface area contributed by atoms with Crippen molar-refractivity contribution in [2.75, 3.05) is 13.2 Å². The van der Waals surface area contributed by atoms with Crippen LogP contribution in [0.15, 0.2) is 72.9 Å². The predicted octanol–water partition coefficient (Wildman–Crippen LogP) is 17.4. The van der Waals surface area contributed by atoms with E-state index in [0.717, 1.165) is 83.5 Å². The van der Waals surface area contributed by atoms with Crippen molar-refractivity contribution in [3.05, 3.63) is 72.9 Å². The van der Waals surface area contributed by atoms with Crippen LogP contribution in [0.2, 0.25) is 0 Å². The number of ether oxygens (including phenoxy) is 3. The van der Waals surface area contributed by atoms with Crippen LogP contribution in [0.1, 0.15) is 252 Å². The summed E-state index contributed by atoms with van der Waals surface area (Å²) in [6.07, 6.45) is 64.6. The molecule has 6 heteroatoms. The standard InChI is InChI=1S/C57H98O6/c1-4-7-10-13-16-19-22-24-26-28-30-32-35-38-41-44-47-50-56(59)62-53-54(52-61-55(58)49-46-43-40-37-34-21-18-15-12-9-6-3)63-57(60)51-48-45-42-39-36-33-31-29-27-25-23-20-17-14-11-8-5-2/h15,17-18,20,24-27,30,32,38,41,54H,4-14,16,19,21-23,28-29,31,33-37,39-40,42-53H2,1-3H3/b18-15-,20-17-,26-24-,27-25-,32-30-,41-38-. The maximum absolute atomic E-state index is 12.8. The number of rotatable bonds is 47. The van der Waals surface area contributed by atoms with Gasteiger partial charge < -0.3 is 14.2 Å². The third-order valence-electron chi connectivity index (χ3n) is 11.2. The lowest BCUT2D eigenvalue weighted by Crippen LogP contribution is -2.30. The highest BCUT2D eigenvalue weighted by atomic mass is 16.6. The smallest absolute Gasteiger partial charge is 0.306 e. The first-order chi connectivity index (χ1) is 31.0. The van der Waals surface area contributed by atoms with Gasteiger partial charge in [-0.15, -0.1) is 0 Å². The fourth-order valence-electron chi connectivity index (χ4n) is 7.12. The van der Waals surface area contributed by atoms with E-state index in [1.54, 1.807) is 0 Å². The summed E-state index contributed by atoms with van der Waals surface area (Å²) in [6.45, 7) is 6.51. The molecule has 362 valence electrons. The first kappa shape index (κ1) is 59.9. The molecule has 0 radical (unpaired) electrons. The quantitative estimate of drug-likeness (QED) is 0.0262. The Morgan fingerprint density at radius 3 is 1.05 bits per heavy atom. The Morgan fingerprint density at radius 1 is 0.317 bits per heavy atom. The van der Waals surface area contributed by atoms with Crippen molar-refractivity contribution in [3.63, 3.8) is 0 Å². The molecule has 0 N–H and O–H groups in total. The second kappa shape index (κ2) is 51.5. The minimum Gasteiger partial charge on any atom is -0.462 e. The Bertz CT molecular complexity index is 1190. The van der Waals surface area contributed by atoms with Crippen LogP contribution in [0.5, 0.6) is 0 Å². The minimum atomic E-state index is -0.802. The first-order valence-corrected chi connectivity index (χ1v) is 26.4. The zero-order valence-corrected chi connectivity index (χ0v) is 41.3. The molecule has 0 heterocycles. The highest BCUT2D eigenvalue weighted by molar-refractivity contribution is 5.71. The number of esters is 3. The summed E-state index contributed by atoms with van der Waals surface area (Å²) < 4.78 is 16.7. The van der Waals surface area contributed by atoms with E-state index >= 15 is 0 Å². The summed E-state index contributed by atoms with van der Waals surface area (Å²) in [4.78, 5) is 37.9. The zero-order chi connectivity index (χ0) is 45.8. The SMILES string of the molecule is CCCC/C=C\CCCCCCCC(=O)OCC(COC(=O)CCC/C=C\C/C=C\C/C=C\CCCCCCCC)OC(=O)CCCCCCCCC/C=C\C/C=C\CCCCC.